The highest BCUT2D eigenvalue weighted by molar-refractivity contribution is 6.35. The zero-order chi connectivity index (χ0) is 18.0. The molecule has 0 bridgehead atoms. The van der Waals surface area contributed by atoms with E-state index in [1.807, 2.05) is 20.8 Å². The fourth-order valence-electron chi connectivity index (χ4n) is 2.82. The lowest BCUT2D eigenvalue weighted by Gasteiger charge is -2.31. The molecular formula is C18H18Cl2N2O2. The smallest absolute Gasteiger partial charge is 0.335 e. The van der Waals surface area contributed by atoms with Crippen molar-refractivity contribution in [2.24, 2.45) is 5.92 Å². The number of nitrogens with zero attached hydrogens (tertiary/aromatic N) is 1. The number of halogens is 2. The Morgan fingerprint density at radius 1 is 1.38 bits per heavy atom. The Morgan fingerprint density at radius 2 is 2.04 bits per heavy atom. The van der Waals surface area contributed by atoms with E-state index in [1.54, 1.807) is 18.2 Å². The van der Waals surface area contributed by atoms with Crippen LogP contribution in [0, 0.1) is 12.5 Å². The average molecular weight is 365 g/mol. The number of carbonyl (C=O) groups excluding carboxylic acids is 1. The van der Waals surface area contributed by atoms with E-state index in [-0.39, 0.29) is 5.92 Å². The molecule has 126 valence electrons. The predicted octanol–water partition coefficient (Wildman–Crippen LogP) is 4.91. The number of rotatable bonds is 3. The highest BCUT2D eigenvalue weighted by atomic mass is 35.5. The maximum absolute atomic E-state index is 12.5. The Labute approximate surface area is 151 Å². The molecule has 1 heterocycles. The normalized spacial score (nSPS) is 17.7. The predicted molar refractivity (Wildman–Crippen MR) is 95.5 cm³/mol. The molecule has 1 aliphatic heterocycles. The van der Waals surface area contributed by atoms with Crippen molar-refractivity contribution in [3.05, 3.63) is 67.9 Å². The molecule has 1 atom stereocenters. The van der Waals surface area contributed by atoms with E-state index in [0.717, 1.165) is 5.70 Å². The molecule has 24 heavy (non-hydrogen) atoms. The lowest BCUT2D eigenvalue weighted by molar-refractivity contribution is -0.136. The van der Waals surface area contributed by atoms with Gasteiger partial charge in [0.1, 0.15) is 0 Å². The Balaban J connectivity index is 2.78. The first kappa shape index (κ1) is 18.4. The molecule has 0 amide bonds. The van der Waals surface area contributed by atoms with Crippen molar-refractivity contribution in [2.45, 2.75) is 26.7 Å². The Morgan fingerprint density at radius 3 is 2.54 bits per heavy atom. The quantitative estimate of drug-likeness (QED) is 0.611. The van der Waals surface area contributed by atoms with Gasteiger partial charge < -0.3 is 10.1 Å². The van der Waals surface area contributed by atoms with Gasteiger partial charge in [0.25, 0.3) is 0 Å². The van der Waals surface area contributed by atoms with Crippen molar-refractivity contribution in [1.82, 2.24) is 5.32 Å². The second-order valence-electron chi connectivity index (χ2n) is 5.82. The van der Waals surface area contributed by atoms with Crippen LogP contribution in [0.5, 0.6) is 0 Å². The monoisotopic (exact) mass is 364 g/mol. The van der Waals surface area contributed by atoms with Crippen LogP contribution >= 0.6 is 23.2 Å². The molecule has 0 fully saturated rings. The van der Waals surface area contributed by atoms with Crippen LogP contribution < -0.4 is 5.32 Å². The number of esters is 1. The average Bonchev–Trinajstić information content (AvgIpc) is 2.53. The highest BCUT2D eigenvalue weighted by Crippen LogP contribution is 2.43. The van der Waals surface area contributed by atoms with Gasteiger partial charge in [0.2, 0.25) is 0 Å². The summed E-state index contributed by atoms with van der Waals surface area (Å²) in [7, 11) is 1.33. The van der Waals surface area contributed by atoms with Crippen molar-refractivity contribution in [3.8, 4) is 0 Å². The topological polar surface area (TPSA) is 42.7 Å². The minimum Gasteiger partial charge on any atom is -0.466 e. The molecule has 0 saturated carbocycles. The molecule has 0 radical (unpaired) electrons. The van der Waals surface area contributed by atoms with Gasteiger partial charge in [-0.15, -0.1) is 0 Å². The third-order valence-electron chi connectivity index (χ3n) is 3.94. The van der Waals surface area contributed by atoms with Crippen LogP contribution in [0.3, 0.4) is 0 Å². The lowest BCUT2D eigenvalue weighted by atomic mass is 9.82. The fraction of sp³-hybridized carbons (Fsp3) is 0.333. The molecule has 0 aromatic heterocycles. The summed E-state index contributed by atoms with van der Waals surface area (Å²) < 4.78 is 4.98. The van der Waals surface area contributed by atoms with E-state index in [9.17, 15) is 4.79 Å². The molecule has 1 aliphatic rings. The van der Waals surface area contributed by atoms with Gasteiger partial charge in [-0.1, -0.05) is 43.1 Å². The third-order valence-corrected chi connectivity index (χ3v) is 4.50. The van der Waals surface area contributed by atoms with Gasteiger partial charge in [-0.3, -0.25) is 0 Å². The van der Waals surface area contributed by atoms with E-state index in [4.69, 9.17) is 34.5 Å². The molecule has 1 unspecified atom stereocenters. The van der Waals surface area contributed by atoms with Crippen molar-refractivity contribution in [3.63, 3.8) is 0 Å². The third kappa shape index (κ3) is 3.28. The summed E-state index contributed by atoms with van der Waals surface area (Å²) in [5.41, 5.74) is 2.93. The first-order valence-corrected chi connectivity index (χ1v) is 8.20. The number of benzene rings is 1. The number of hydrogen-bond donors (Lipinski definition) is 1. The number of carbonyl (C=O) groups is 1. The summed E-state index contributed by atoms with van der Waals surface area (Å²) in [6.07, 6.45) is 0. The summed E-state index contributed by atoms with van der Waals surface area (Å²) in [5.74, 6) is -1.01. The Bertz CT molecular complexity index is 789. The maximum atomic E-state index is 12.5. The summed E-state index contributed by atoms with van der Waals surface area (Å²) in [4.78, 5) is 16.1. The van der Waals surface area contributed by atoms with Gasteiger partial charge in [-0.25, -0.2) is 9.64 Å². The molecule has 1 aromatic rings. The Kier molecular flexibility index (Phi) is 5.58. The van der Waals surface area contributed by atoms with Gasteiger partial charge in [-0.2, -0.15) is 0 Å². The minimum absolute atomic E-state index is 0.0508. The van der Waals surface area contributed by atoms with Gasteiger partial charge >= 0.3 is 5.97 Å². The number of nitrogens with one attached hydrogen (secondary N) is 1. The molecule has 2 rings (SSSR count). The summed E-state index contributed by atoms with van der Waals surface area (Å²) >= 11 is 12.4. The number of methoxy groups -OCH3 is 1. The SMILES string of the molecule is [C-]#[N+]C1=C(C)NC(C(C)C)=C(C(=O)OC)C1c1ccc(Cl)cc1Cl. The second kappa shape index (κ2) is 7.29. The molecule has 0 saturated heterocycles. The minimum atomic E-state index is -0.585. The summed E-state index contributed by atoms with van der Waals surface area (Å²) in [6, 6.07) is 5.06. The number of hydrogen-bond acceptors (Lipinski definition) is 3. The van der Waals surface area contributed by atoms with E-state index >= 15 is 0 Å². The van der Waals surface area contributed by atoms with Crippen LogP contribution in [0.25, 0.3) is 4.85 Å². The molecule has 4 nitrogen and oxygen atoms in total. The number of dihydropyridines is 1. The van der Waals surface area contributed by atoms with Crippen LogP contribution in [0.1, 0.15) is 32.3 Å². The van der Waals surface area contributed by atoms with Crippen molar-refractivity contribution >= 4 is 29.2 Å². The standard InChI is InChI=1S/C18H18Cl2N2O2/c1-9(2)16-15(18(23)24-5)14(17(21-4)10(3)22-16)12-7-6-11(19)8-13(12)20/h6-9,14,22H,1-3,5H3. The molecule has 0 spiro atoms. The van der Waals surface area contributed by atoms with E-state index in [1.165, 1.54) is 7.11 Å². The van der Waals surface area contributed by atoms with Crippen molar-refractivity contribution in [2.75, 3.05) is 7.11 Å². The molecule has 0 aliphatic carbocycles. The van der Waals surface area contributed by atoms with Crippen molar-refractivity contribution < 1.29 is 9.53 Å². The zero-order valence-corrected chi connectivity index (χ0v) is 15.4. The lowest BCUT2D eigenvalue weighted by Crippen LogP contribution is -2.31. The molecule has 1 N–H and O–H groups in total. The van der Waals surface area contributed by atoms with Gasteiger partial charge in [0, 0.05) is 21.4 Å². The van der Waals surface area contributed by atoms with Crippen LogP contribution in [0.2, 0.25) is 10.0 Å². The van der Waals surface area contributed by atoms with Crippen LogP contribution in [-0.4, -0.2) is 13.1 Å². The van der Waals surface area contributed by atoms with E-state index in [0.29, 0.717) is 32.6 Å². The molecular weight excluding hydrogens is 347 g/mol. The van der Waals surface area contributed by atoms with Gasteiger partial charge in [0.15, 0.2) is 5.70 Å². The van der Waals surface area contributed by atoms with Crippen LogP contribution in [0.4, 0.5) is 0 Å². The summed E-state index contributed by atoms with van der Waals surface area (Å²) in [6.45, 7) is 13.3. The summed E-state index contributed by atoms with van der Waals surface area (Å²) in [5, 5.41) is 4.09. The molecule has 6 heteroatoms. The van der Waals surface area contributed by atoms with Crippen molar-refractivity contribution in [1.29, 1.82) is 0 Å². The highest BCUT2D eigenvalue weighted by Gasteiger charge is 2.37. The zero-order valence-electron chi connectivity index (χ0n) is 13.9. The largest absolute Gasteiger partial charge is 0.466 e. The van der Waals surface area contributed by atoms with E-state index in [2.05, 4.69) is 10.2 Å². The number of ether oxygens (including phenoxy) is 1. The fourth-order valence-corrected chi connectivity index (χ4v) is 3.34. The molecule has 1 aromatic carbocycles. The Hall–Kier alpha value is -1.96. The van der Waals surface area contributed by atoms with Crippen LogP contribution in [-0.2, 0) is 9.53 Å². The van der Waals surface area contributed by atoms with Crippen LogP contribution in [0.15, 0.2) is 40.9 Å². The number of allylic oxidation sites excluding steroid dienone is 3. The van der Waals surface area contributed by atoms with Gasteiger partial charge in [0.05, 0.1) is 25.2 Å². The second-order valence-corrected chi connectivity index (χ2v) is 6.66. The maximum Gasteiger partial charge on any atom is 0.335 e. The van der Waals surface area contributed by atoms with E-state index < -0.39 is 11.9 Å². The first-order chi connectivity index (χ1) is 11.3. The first-order valence-electron chi connectivity index (χ1n) is 7.44. The van der Waals surface area contributed by atoms with Gasteiger partial charge in [-0.05, 0) is 30.5 Å².